The fourth-order valence-corrected chi connectivity index (χ4v) is 1.76. The highest BCUT2D eigenvalue weighted by molar-refractivity contribution is 5.86. The molecule has 1 saturated carbocycles. The number of carbonyl (C=O) groups is 3. The molecule has 0 saturated heterocycles. The van der Waals surface area contributed by atoms with Crippen molar-refractivity contribution >= 4 is 18.0 Å². The number of nitrogens with one attached hydrogen (secondary N) is 2. The van der Waals surface area contributed by atoms with Crippen LogP contribution in [0.4, 0.5) is 4.79 Å². The lowest BCUT2D eigenvalue weighted by atomic mass is 9.83. The van der Waals surface area contributed by atoms with Gasteiger partial charge in [0.15, 0.2) is 0 Å². The lowest BCUT2D eigenvalue weighted by molar-refractivity contribution is -0.145. The van der Waals surface area contributed by atoms with Gasteiger partial charge in [-0.3, -0.25) is 4.79 Å². The van der Waals surface area contributed by atoms with Crippen molar-refractivity contribution in [2.75, 3.05) is 6.54 Å². The molecular weight excluding hydrogens is 240 g/mol. The summed E-state index contributed by atoms with van der Waals surface area (Å²) in [5, 5.41) is 21.9. The fraction of sp³-hybridized carbons (Fsp3) is 0.727. The number of hydrogen-bond donors (Lipinski definition) is 4. The fourth-order valence-electron chi connectivity index (χ4n) is 1.76. The van der Waals surface area contributed by atoms with E-state index in [0.29, 0.717) is 12.5 Å². The van der Waals surface area contributed by atoms with Crippen LogP contribution in [0, 0.1) is 5.92 Å². The van der Waals surface area contributed by atoms with Gasteiger partial charge in [-0.15, -0.1) is 0 Å². The van der Waals surface area contributed by atoms with E-state index in [1.165, 1.54) is 19.3 Å². The van der Waals surface area contributed by atoms with Crippen LogP contribution in [0.3, 0.4) is 0 Å². The average molecular weight is 258 g/mol. The van der Waals surface area contributed by atoms with E-state index >= 15 is 0 Å². The first kappa shape index (κ1) is 14.3. The third kappa shape index (κ3) is 5.03. The predicted octanol–water partition coefficient (Wildman–Crippen LogP) is 0.404. The van der Waals surface area contributed by atoms with E-state index in [-0.39, 0.29) is 0 Å². The maximum Gasteiger partial charge on any atom is 0.326 e. The van der Waals surface area contributed by atoms with E-state index in [0.717, 1.165) is 6.42 Å². The Hall–Kier alpha value is -1.79. The average Bonchev–Trinajstić information content (AvgIpc) is 2.20. The lowest BCUT2D eigenvalue weighted by Crippen LogP contribution is -2.47. The SMILES string of the molecule is O=C(O)C[C@H](NC(=O)NCCC1CCC1)C(=O)O. The molecular formula is C11H18N2O5. The third-order valence-electron chi connectivity index (χ3n) is 3.05. The second-order valence-electron chi connectivity index (χ2n) is 4.47. The van der Waals surface area contributed by atoms with Crippen LogP contribution < -0.4 is 10.6 Å². The zero-order valence-electron chi connectivity index (χ0n) is 10.0. The van der Waals surface area contributed by atoms with E-state index in [9.17, 15) is 14.4 Å². The van der Waals surface area contributed by atoms with Crippen LogP contribution in [-0.4, -0.2) is 40.8 Å². The van der Waals surface area contributed by atoms with E-state index in [1.54, 1.807) is 0 Å². The molecule has 4 N–H and O–H groups in total. The van der Waals surface area contributed by atoms with Crippen molar-refractivity contribution in [2.45, 2.75) is 38.1 Å². The van der Waals surface area contributed by atoms with Crippen LogP contribution in [0.2, 0.25) is 0 Å². The smallest absolute Gasteiger partial charge is 0.326 e. The molecule has 0 heterocycles. The molecule has 1 rings (SSSR count). The molecule has 0 aliphatic heterocycles. The van der Waals surface area contributed by atoms with Crippen molar-refractivity contribution in [3.63, 3.8) is 0 Å². The van der Waals surface area contributed by atoms with Crippen molar-refractivity contribution in [3.8, 4) is 0 Å². The molecule has 1 atom stereocenters. The lowest BCUT2D eigenvalue weighted by Gasteiger charge is -2.25. The summed E-state index contributed by atoms with van der Waals surface area (Å²) in [5.74, 6) is -1.97. The Balaban J connectivity index is 2.22. The van der Waals surface area contributed by atoms with Gasteiger partial charge in [-0.25, -0.2) is 9.59 Å². The van der Waals surface area contributed by atoms with Gasteiger partial charge < -0.3 is 20.8 Å². The summed E-state index contributed by atoms with van der Waals surface area (Å²) in [6.07, 6.45) is 3.84. The minimum absolute atomic E-state index is 0.482. The van der Waals surface area contributed by atoms with Crippen molar-refractivity contribution < 1.29 is 24.6 Å². The molecule has 102 valence electrons. The van der Waals surface area contributed by atoms with Crippen LogP contribution in [0.5, 0.6) is 0 Å². The van der Waals surface area contributed by atoms with Crippen LogP contribution in [0.15, 0.2) is 0 Å². The molecule has 1 aliphatic rings. The van der Waals surface area contributed by atoms with Crippen LogP contribution in [0.1, 0.15) is 32.1 Å². The van der Waals surface area contributed by atoms with Crippen LogP contribution in [-0.2, 0) is 9.59 Å². The molecule has 0 unspecified atom stereocenters. The molecule has 0 radical (unpaired) electrons. The predicted molar refractivity (Wildman–Crippen MR) is 62.2 cm³/mol. The summed E-state index contributed by atoms with van der Waals surface area (Å²) in [6, 6.07) is -2.03. The standard InChI is InChI=1S/C11H18N2O5/c14-9(15)6-8(10(16)17)13-11(18)12-5-4-7-2-1-3-7/h7-8H,1-6H2,(H,14,15)(H,16,17)(H2,12,13,18)/t8-/m0/s1. The molecule has 7 heteroatoms. The molecule has 0 aromatic carbocycles. The monoisotopic (exact) mass is 258 g/mol. The number of carboxylic acid groups (broad SMARTS) is 2. The molecule has 0 aromatic rings. The number of urea groups is 1. The Morgan fingerprint density at radius 2 is 1.89 bits per heavy atom. The molecule has 18 heavy (non-hydrogen) atoms. The highest BCUT2D eigenvalue weighted by Crippen LogP contribution is 2.28. The van der Waals surface area contributed by atoms with E-state index in [2.05, 4.69) is 10.6 Å². The topological polar surface area (TPSA) is 116 Å². The summed E-state index contributed by atoms with van der Waals surface area (Å²) >= 11 is 0. The molecule has 0 bridgehead atoms. The highest BCUT2D eigenvalue weighted by Gasteiger charge is 2.23. The number of carbonyl (C=O) groups excluding carboxylic acids is 1. The van der Waals surface area contributed by atoms with Crippen molar-refractivity contribution in [3.05, 3.63) is 0 Å². The second-order valence-corrected chi connectivity index (χ2v) is 4.47. The Labute approximate surface area is 105 Å². The van der Waals surface area contributed by atoms with Gasteiger partial charge in [-0.1, -0.05) is 19.3 Å². The van der Waals surface area contributed by atoms with Crippen molar-refractivity contribution in [2.24, 2.45) is 5.92 Å². The second kappa shape index (κ2) is 6.83. The highest BCUT2D eigenvalue weighted by atomic mass is 16.4. The summed E-state index contributed by atoms with van der Waals surface area (Å²) in [4.78, 5) is 32.5. The summed E-state index contributed by atoms with van der Waals surface area (Å²) in [6.45, 7) is 0.482. The Morgan fingerprint density at radius 3 is 2.33 bits per heavy atom. The number of carboxylic acids is 2. The minimum Gasteiger partial charge on any atom is -0.481 e. The van der Waals surface area contributed by atoms with Gasteiger partial charge in [0, 0.05) is 6.54 Å². The van der Waals surface area contributed by atoms with Gasteiger partial charge in [0.2, 0.25) is 0 Å². The number of amides is 2. The number of aliphatic carboxylic acids is 2. The first-order chi connectivity index (χ1) is 8.49. The Morgan fingerprint density at radius 1 is 1.22 bits per heavy atom. The number of hydrogen-bond acceptors (Lipinski definition) is 3. The first-order valence-corrected chi connectivity index (χ1v) is 5.98. The minimum atomic E-state index is -1.40. The van der Waals surface area contributed by atoms with E-state index in [4.69, 9.17) is 10.2 Å². The Bertz CT molecular complexity index is 327. The Kier molecular flexibility index (Phi) is 5.41. The van der Waals surface area contributed by atoms with Gasteiger partial charge in [0.25, 0.3) is 0 Å². The van der Waals surface area contributed by atoms with Gasteiger partial charge >= 0.3 is 18.0 Å². The molecule has 1 aliphatic carbocycles. The van der Waals surface area contributed by atoms with Gasteiger partial charge in [-0.05, 0) is 12.3 Å². The van der Waals surface area contributed by atoms with Crippen LogP contribution in [0.25, 0.3) is 0 Å². The number of rotatable bonds is 7. The quantitative estimate of drug-likeness (QED) is 0.527. The molecule has 7 nitrogen and oxygen atoms in total. The van der Waals surface area contributed by atoms with Gasteiger partial charge in [0.05, 0.1) is 6.42 Å². The van der Waals surface area contributed by atoms with Crippen molar-refractivity contribution in [1.29, 1.82) is 0 Å². The summed E-state index contributed by atoms with van der Waals surface area (Å²) in [7, 11) is 0. The van der Waals surface area contributed by atoms with Gasteiger partial charge in [0.1, 0.15) is 6.04 Å². The molecule has 2 amide bonds. The first-order valence-electron chi connectivity index (χ1n) is 5.98. The molecule has 1 fully saturated rings. The van der Waals surface area contributed by atoms with E-state index in [1.807, 2.05) is 0 Å². The summed E-state index contributed by atoms with van der Waals surface area (Å²) < 4.78 is 0. The van der Waals surface area contributed by atoms with Gasteiger partial charge in [-0.2, -0.15) is 0 Å². The normalized spacial score (nSPS) is 16.4. The molecule has 0 spiro atoms. The maximum absolute atomic E-state index is 11.3. The maximum atomic E-state index is 11.3. The summed E-state index contributed by atoms with van der Waals surface area (Å²) in [5.41, 5.74) is 0. The van der Waals surface area contributed by atoms with Crippen molar-refractivity contribution in [1.82, 2.24) is 10.6 Å². The van der Waals surface area contributed by atoms with Crippen LogP contribution >= 0.6 is 0 Å². The van der Waals surface area contributed by atoms with E-state index < -0.39 is 30.4 Å². The molecule has 0 aromatic heterocycles. The zero-order chi connectivity index (χ0) is 13.5. The zero-order valence-corrected chi connectivity index (χ0v) is 10.0. The third-order valence-corrected chi connectivity index (χ3v) is 3.05. The largest absolute Gasteiger partial charge is 0.481 e.